The summed E-state index contributed by atoms with van der Waals surface area (Å²) in [4.78, 5) is 13.7. The van der Waals surface area contributed by atoms with E-state index < -0.39 is 6.10 Å². The van der Waals surface area contributed by atoms with Gasteiger partial charge in [-0.25, -0.2) is 0 Å². The molecule has 18 heavy (non-hydrogen) atoms. The second-order valence-corrected chi connectivity index (χ2v) is 4.85. The fraction of sp³-hybridized carbons (Fsp3) is 0.533. The Balaban J connectivity index is 2.75. The predicted molar refractivity (Wildman–Crippen MR) is 73.1 cm³/mol. The number of nitrogens with zero attached hydrogens (tertiary/aromatic N) is 1. The number of likely N-dealkylation sites (N-methyl/N-ethyl adjacent to an activating group) is 1. The Hall–Kier alpha value is -1.35. The van der Waals surface area contributed by atoms with E-state index in [1.165, 1.54) is 0 Å². The molecule has 1 aromatic rings. The van der Waals surface area contributed by atoms with Gasteiger partial charge in [-0.3, -0.25) is 4.79 Å². The summed E-state index contributed by atoms with van der Waals surface area (Å²) in [6.07, 6.45) is 0.168. The zero-order valence-corrected chi connectivity index (χ0v) is 11.6. The topological polar surface area (TPSA) is 40.5 Å². The van der Waals surface area contributed by atoms with E-state index in [1.807, 2.05) is 51.1 Å². The molecule has 0 saturated carbocycles. The largest absolute Gasteiger partial charge is 0.386 e. The quantitative estimate of drug-likeness (QED) is 0.871. The van der Waals surface area contributed by atoms with Crippen molar-refractivity contribution in [2.45, 2.75) is 39.3 Å². The molecule has 0 aliphatic heterocycles. The smallest absolute Gasteiger partial charge is 0.225 e. The Labute approximate surface area is 109 Å². The molecule has 100 valence electrons. The molecule has 0 bridgehead atoms. The third-order valence-electron chi connectivity index (χ3n) is 3.59. The number of carbonyl (C=O) groups is 1. The van der Waals surface area contributed by atoms with Crippen molar-refractivity contribution in [1.29, 1.82) is 0 Å². The van der Waals surface area contributed by atoms with Crippen LogP contribution in [0.5, 0.6) is 0 Å². The summed E-state index contributed by atoms with van der Waals surface area (Å²) in [5.74, 6) is 0.0837. The highest BCUT2D eigenvalue weighted by molar-refractivity contribution is 5.78. The lowest BCUT2D eigenvalue weighted by Gasteiger charge is -2.31. The standard InChI is InChI=1S/C15H23NO2/c1-5-11(2)15(18)16(4)12(3)14(17)13-9-7-6-8-10-13/h6-12,14,17H,5H2,1-4H3/t11-,12+,14-/m1/s1. The lowest BCUT2D eigenvalue weighted by molar-refractivity contribution is -0.137. The monoisotopic (exact) mass is 249 g/mol. The van der Waals surface area contributed by atoms with E-state index in [4.69, 9.17) is 0 Å². The van der Waals surface area contributed by atoms with Crippen molar-refractivity contribution in [3.8, 4) is 0 Å². The first kappa shape index (κ1) is 14.7. The Morgan fingerprint density at radius 2 is 1.83 bits per heavy atom. The van der Waals surface area contributed by atoms with Crippen LogP contribution in [0, 0.1) is 5.92 Å². The van der Waals surface area contributed by atoms with Gasteiger partial charge in [-0.2, -0.15) is 0 Å². The lowest BCUT2D eigenvalue weighted by atomic mass is 10.0. The molecule has 1 N–H and O–H groups in total. The minimum Gasteiger partial charge on any atom is -0.386 e. The van der Waals surface area contributed by atoms with Gasteiger partial charge in [-0.15, -0.1) is 0 Å². The second kappa shape index (κ2) is 6.55. The summed E-state index contributed by atoms with van der Waals surface area (Å²) in [5, 5.41) is 10.3. The van der Waals surface area contributed by atoms with Gasteiger partial charge in [-0.05, 0) is 18.9 Å². The van der Waals surface area contributed by atoms with E-state index in [9.17, 15) is 9.90 Å². The molecule has 0 radical (unpaired) electrons. The number of benzene rings is 1. The van der Waals surface area contributed by atoms with Gasteiger partial charge in [-0.1, -0.05) is 44.2 Å². The average Bonchev–Trinajstić information content (AvgIpc) is 2.44. The zero-order chi connectivity index (χ0) is 13.7. The average molecular weight is 249 g/mol. The van der Waals surface area contributed by atoms with Gasteiger partial charge in [0.2, 0.25) is 5.91 Å². The number of hydrogen-bond acceptors (Lipinski definition) is 2. The minimum absolute atomic E-state index is 0.000392. The van der Waals surface area contributed by atoms with Gasteiger partial charge >= 0.3 is 0 Å². The Kier molecular flexibility index (Phi) is 5.35. The minimum atomic E-state index is -0.649. The third kappa shape index (κ3) is 3.33. The first-order chi connectivity index (χ1) is 8.49. The van der Waals surface area contributed by atoms with Crippen LogP contribution in [0.2, 0.25) is 0 Å². The van der Waals surface area contributed by atoms with Crippen LogP contribution in [0.1, 0.15) is 38.9 Å². The number of amides is 1. The highest BCUT2D eigenvalue weighted by Gasteiger charge is 2.26. The number of carbonyl (C=O) groups excluding carboxylic acids is 1. The fourth-order valence-electron chi connectivity index (χ4n) is 1.86. The summed E-state index contributed by atoms with van der Waals surface area (Å²) < 4.78 is 0. The van der Waals surface area contributed by atoms with E-state index in [1.54, 1.807) is 11.9 Å². The van der Waals surface area contributed by atoms with Gasteiger partial charge in [0.05, 0.1) is 12.1 Å². The van der Waals surface area contributed by atoms with Crippen molar-refractivity contribution in [2.24, 2.45) is 5.92 Å². The van der Waals surface area contributed by atoms with Gasteiger partial charge in [0.25, 0.3) is 0 Å². The molecule has 0 spiro atoms. The van der Waals surface area contributed by atoms with Crippen LogP contribution < -0.4 is 0 Å². The Morgan fingerprint density at radius 3 is 2.33 bits per heavy atom. The molecule has 1 rings (SSSR count). The first-order valence-corrected chi connectivity index (χ1v) is 6.48. The van der Waals surface area contributed by atoms with Gasteiger partial charge in [0.15, 0.2) is 0 Å². The van der Waals surface area contributed by atoms with E-state index >= 15 is 0 Å². The van der Waals surface area contributed by atoms with Crippen molar-refractivity contribution in [3.05, 3.63) is 35.9 Å². The maximum Gasteiger partial charge on any atom is 0.225 e. The summed E-state index contributed by atoms with van der Waals surface area (Å²) >= 11 is 0. The van der Waals surface area contributed by atoms with E-state index in [2.05, 4.69) is 0 Å². The highest BCUT2D eigenvalue weighted by Crippen LogP contribution is 2.21. The number of aliphatic hydroxyl groups is 1. The lowest BCUT2D eigenvalue weighted by Crippen LogP contribution is -2.41. The maximum absolute atomic E-state index is 12.1. The molecule has 1 amide bonds. The van der Waals surface area contributed by atoms with Crippen molar-refractivity contribution in [1.82, 2.24) is 4.90 Å². The fourth-order valence-corrected chi connectivity index (χ4v) is 1.86. The van der Waals surface area contributed by atoms with Crippen molar-refractivity contribution in [2.75, 3.05) is 7.05 Å². The van der Waals surface area contributed by atoms with Gasteiger partial charge in [0.1, 0.15) is 0 Å². The SMILES string of the molecule is CC[C@@H](C)C(=O)N(C)[C@@H](C)[C@@H](O)c1ccccc1. The van der Waals surface area contributed by atoms with E-state index in [-0.39, 0.29) is 17.9 Å². The summed E-state index contributed by atoms with van der Waals surface area (Å²) in [7, 11) is 1.76. The van der Waals surface area contributed by atoms with Crippen LogP contribution in [-0.2, 0) is 4.79 Å². The van der Waals surface area contributed by atoms with Crippen LogP contribution in [0.25, 0.3) is 0 Å². The molecule has 0 aliphatic carbocycles. The van der Waals surface area contributed by atoms with Gasteiger partial charge in [0, 0.05) is 13.0 Å². The third-order valence-corrected chi connectivity index (χ3v) is 3.59. The molecule has 0 heterocycles. The van der Waals surface area contributed by atoms with Crippen LogP contribution >= 0.6 is 0 Å². The van der Waals surface area contributed by atoms with Crippen LogP contribution in [0.15, 0.2) is 30.3 Å². The Bertz CT molecular complexity index is 377. The Morgan fingerprint density at radius 1 is 1.28 bits per heavy atom. The van der Waals surface area contributed by atoms with E-state index in [0.717, 1.165) is 12.0 Å². The van der Waals surface area contributed by atoms with Gasteiger partial charge < -0.3 is 10.0 Å². The maximum atomic E-state index is 12.1. The molecule has 0 fully saturated rings. The molecule has 0 saturated heterocycles. The molecule has 0 aromatic heterocycles. The molecule has 0 aliphatic rings. The molecule has 0 unspecified atom stereocenters. The molecule has 3 nitrogen and oxygen atoms in total. The normalized spacial score (nSPS) is 15.8. The second-order valence-electron chi connectivity index (χ2n) is 4.85. The predicted octanol–water partition coefficient (Wildman–Crippen LogP) is 2.61. The molecular formula is C15H23NO2. The highest BCUT2D eigenvalue weighted by atomic mass is 16.3. The summed E-state index contributed by atoms with van der Waals surface area (Å²) in [6, 6.07) is 9.22. The molecular weight excluding hydrogens is 226 g/mol. The number of rotatable bonds is 5. The summed E-state index contributed by atoms with van der Waals surface area (Å²) in [5.41, 5.74) is 0.841. The van der Waals surface area contributed by atoms with Crippen molar-refractivity contribution >= 4 is 5.91 Å². The van der Waals surface area contributed by atoms with E-state index in [0.29, 0.717) is 0 Å². The molecule has 3 atom stereocenters. The summed E-state index contributed by atoms with van der Waals surface area (Å²) in [6.45, 7) is 5.78. The van der Waals surface area contributed by atoms with Crippen molar-refractivity contribution in [3.63, 3.8) is 0 Å². The zero-order valence-electron chi connectivity index (χ0n) is 11.6. The first-order valence-electron chi connectivity index (χ1n) is 6.48. The van der Waals surface area contributed by atoms with Crippen molar-refractivity contribution < 1.29 is 9.90 Å². The van der Waals surface area contributed by atoms with Crippen LogP contribution in [0.4, 0.5) is 0 Å². The molecule has 1 aromatic carbocycles. The number of aliphatic hydroxyl groups excluding tert-OH is 1. The van der Waals surface area contributed by atoms with Crippen LogP contribution in [-0.4, -0.2) is 29.0 Å². The number of hydrogen-bond donors (Lipinski definition) is 1. The molecule has 3 heteroatoms. The van der Waals surface area contributed by atoms with Crippen LogP contribution in [0.3, 0.4) is 0 Å².